The van der Waals surface area contributed by atoms with Gasteiger partial charge in [0.05, 0.1) is 37.3 Å². The number of ether oxygens (including phenoxy) is 3. The number of esters is 1. The molecule has 0 aliphatic heterocycles. The van der Waals surface area contributed by atoms with Crippen molar-refractivity contribution in [3.63, 3.8) is 0 Å². The first-order chi connectivity index (χ1) is 9.13. The second-order valence-corrected chi connectivity index (χ2v) is 4.05. The van der Waals surface area contributed by atoms with Crippen molar-refractivity contribution >= 4 is 28.5 Å². The summed E-state index contributed by atoms with van der Waals surface area (Å²) in [5.41, 5.74) is 0.711. The molecule has 0 radical (unpaired) electrons. The van der Waals surface area contributed by atoms with Crippen molar-refractivity contribution in [2.75, 3.05) is 21.3 Å². The summed E-state index contributed by atoms with van der Waals surface area (Å²) in [5.74, 6) is 0.512. The maximum Gasteiger partial charge on any atom is 0.340 e. The number of carbonyl (C=O) groups excluding carboxylic acids is 1. The Bertz CT molecular complexity index is 642. The highest BCUT2D eigenvalue weighted by Gasteiger charge is 2.19. The fourth-order valence-corrected chi connectivity index (χ4v) is 2.11. The van der Waals surface area contributed by atoms with Gasteiger partial charge < -0.3 is 14.2 Å². The second-order valence-electron chi connectivity index (χ2n) is 3.67. The van der Waals surface area contributed by atoms with Crippen LogP contribution in [0.5, 0.6) is 11.5 Å². The van der Waals surface area contributed by atoms with E-state index >= 15 is 0 Å². The van der Waals surface area contributed by atoms with E-state index in [1.165, 1.54) is 27.5 Å². The van der Waals surface area contributed by atoms with Gasteiger partial charge in [-0.1, -0.05) is 11.6 Å². The summed E-state index contributed by atoms with van der Waals surface area (Å²) in [6, 6.07) is 3.43. The predicted octanol–water partition coefficient (Wildman–Crippen LogP) is 2.69. The van der Waals surface area contributed by atoms with Gasteiger partial charge in [0.15, 0.2) is 0 Å². The van der Waals surface area contributed by atoms with E-state index in [0.717, 1.165) is 0 Å². The first-order valence-corrected chi connectivity index (χ1v) is 5.79. The molecule has 0 fully saturated rings. The maximum absolute atomic E-state index is 11.6. The van der Waals surface area contributed by atoms with Crippen molar-refractivity contribution in [2.45, 2.75) is 0 Å². The normalized spacial score (nSPS) is 10.3. The first-order valence-electron chi connectivity index (χ1n) is 5.41. The van der Waals surface area contributed by atoms with Crippen LogP contribution in [0.1, 0.15) is 10.4 Å². The molecule has 5 nitrogen and oxygen atoms in total. The molecule has 2 rings (SSSR count). The Morgan fingerprint density at radius 2 is 1.79 bits per heavy atom. The lowest BCUT2D eigenvalue weighted by Crippen LogP contribution is -2.04. The van der Waals surface area contributed by atoms with E-state index in [0.29, 0.717) is 22.4 Å². The summed E-state index contributed by atoms with van der Waals surface area (Å²) in [5, 5.41) is 0.749. The topological polar surface area (TPSA) is 57.7 Å². The van der Waals surface area contributed by atoms with Crippen LogP contribution in [0, 0.1) is 0 Å². The number of rotatable bonds is 3. The highest BCUT2D eigenvalue weighted by atomic mass is 35.5. The fourth-order valence-electron chi connectivity index (χ4n) is 1.80. The van der Waals surface area contributed by atoms with E-state index in [2.05, 4.69) is 9.72 Å². The lowest BCUT2D eigenvalue weighted by atomic mass is 10.1. The number of fused-ring (bicyclic) bond motifs is 1. The summed E-state index contributed by atoms with van der Waals surface area (Å²) in [7, 11) is 4.33. The Morgan fingerprint density at radius 3 is 2.37 bits per heavy atom. The molecule has 0 aliphatic rings. The van der Waals surface area contributed by atoms with E-state index in [9.17, 15) is 4.79 Å². The molecule has 0 amide bonds. The summed E-state index contributed by atoms with van der Waals surface area (Å²) in [6.07, 6.45) is 1.36. The van der Waals surface area contributed by atoms with Crippen LogP contribution in [0.15, 0.2) is 18.3 Å². The number of aromatic nitrogens is 1. The fraction of sp³-hybridized carbons (Fsp3) is 0.231. The minimum atomic E-state index is -0.552. The van der Waals surface area contributed by atoms with E-state index in [-0.39, 0.29) is 10.6 Å². The Balaban J connectivity index is 2.83. The van der Waals surface area contributed by atoms with E-state index in [1.54, 1.807) is 12.1 Å². The highest BCUT2D eigenvalue weighted by molar-refractivity contribution is 6.39. The third-order valence-corrected chi connectivity index (χ3v) is 3.12. The van der Waals surface area contributed by atoms with Crippen molar-refractivity contribution in [2.24, 2.45) is 0 Å². The van der Waals surface area contributed by atoms with Gasteiger partial charge in [-0.25, -0.2) is 4.79 Å². The molecule has 1 heterocycles. The molecule has 0 saturated carbocycles. The number of halogens is 1. The lowest BCUT2D eigenvalue weighted by molar-refractivity contribution is 0.0600. The zero-order chi connectivity index (χ0) is 14.0. The molecule has 0 N–H and O–H groups in total. The van der Waals surface area contributed by atoms with Gasteiger partial charge in [0.1, 0.15) is 17.0 Å². The molecule has 100 valence electrons. The van der Waals surface area contributed by atoms with Gasteiger partial charge in [-0.05, 0) is 12.1 Å². The van der Waals surface area contributed by atoms with Crippen molar-refractivity contribution < 1.29 is 19.0 Å². The standard InChI is InChI=1S/C13H12ClNO4/c1-17-8-4-5-9(18-2)12-10(8)11(14)7(6-15-12)13(16)19-3/h4-6H,1-3H3. The van der Waals surface area contributed by atoms with Crippen molar-refractivity contribution in [1.82, 2.24) is 4.98 Å². The van der Waals surface area contributed by atoms with Crippen LogP contribution >= 0.6 is 11.6 Å². The average Bonchev–Trinajstić information content (AvgIpc) is 2.45. The molecule has 1 aromatic carbocycles. The summed E-state index contributed by atoms with van der Waals surface area (Å²) in [4.78, 5) is 15.8. The van der Waals surface area contributed by atoms with Gasteiger partial charge in [0, 0.05) is 6.20 Å². The van der Waals surface area contributed by atoms with Crippen LogP contribution in [0.3, 0.4) is 0 Å². The van der Waals surface area contributed by atoms with Gasteiger partial charge >= 0.3 is 5.97 Å². The van der Waals surface area contributed by atoms with Crippen molar-refractivity contribution in [3.8, 4) is 11.5 Å². The van der Waals surface area contributed by atoms with E-state index in [1.807, 2.05) is 0 Å². The van der Waals surface area contributed by atoms with Gasteiger partial charge in [-0.2, -0.15) is 0 Å². The van der Waals surface area contributed by atoms with Gasteiger partial charge in [-0.15, -0.1) is 0 Å². The Labute approximate surface area is 115 Å². The molecule has 0 spiro atoms. The van der Waals surface area contributed by atoms with Gasteiger partial charge in [0.2, 0.25) is 0 Å². The van der Waals surface area contributed by atoms with Crippen LogP contribution in [0.25, 0.3) is 10.9 Å². The van der Waals surface area contributed by atoms with Gasteiger partial charge in [-0.3, -0.25) is 4.98 Å². The maximum atomic E-state index is 11.6. The molecule has 0 bridgehead atoms. The SMILES string of the molecule is COC(=O)c1cnc2c(OC)ccc(OC)c2c1Cl. The minimum absolute atomic E-state index is 0.184. The zero-order valence-corrected chi connectivity index (χ0v) is 11.4. The van der Waals surface area contributed by atoms with E-state index < -0.39 is 5.97 Å². The molecule has 1 aromatic heterocycles. The number of hydrogen-bond donors (Lipinski definition) is 0. The van der Waals surface area contributed by atoms with E-state index in [4.69, 9.17) is 21.1 Å². The molecule has 0 atom stereocenters. The number of benzene rings is 1. The van der Waals surface area contributed by atoms with Crippen LogP contribution in [-0.2, 0) is 4.74 Å². The molecule has 2 aromatic rings. The number of pyridine rings is 1. The molecule has 0 unspecified atom stereocenters. The smallest absolute Gasteiger partial charge is 0.340 e. The zero-order valence-electron chi connectivity index (χ0n) is 10.7. The Morgan fingerprint density at radius 1 is 1.16 bits per heavy atom. The van der Waals surface area contributed by atoms with Crippen LogP contribution in [0.4, 0.5) is 0 Å². The molecular weight excluding hydrogens is 270 g/mol. The third kappa shape index (κ3) is 2.17. The van der Waals surface area contributed by atoms with Crippen LogP contribution in [0.2, 0.25) is 5.02 Å². The second kappa shape index (κ2) is 5.32. The summed E-state index contributed by atoms with van der Waals surface area (Å²) < 4.78 is 15.1. The number of nitrogens with zero attached hydrogens (tertiary/aromatic N) is 1. The number of methoxy groups -OCH3 is 3. The molecular formula is C13H12ClNO4. The first kappa shape index (κ1) is 13.4. The summed E-state index contributed by atoms with van der Waals surface area (Å²) >= 11 is 6.25. The predicted molar refractivity (Wildman–Crippen MR) is 71.2 cm³/mol. The Hall–Kier alpha value is -2.01. The number of hydrogen-bond acceptors (Lipinski definition) is 5. The largest absolute Gasteiger partial charge is 0.496 e. The molecule has 0 aliphatic carbocycles. The van der Waals surface area contributed by atoms with Crippen molar-refractivity contribution in [1.29, 1.82) is 0 Å². The average molecular weight is 282 g/mol. The van der Waals surface area contributed by atoms with Crippen molar-refractivity contribution in [3.05, 3.63) is 28.9 Å². The summed E-state index contributed by atoms with van der Waals surface area (Å²) in [6.45, 7) is 0. The monoisotopic (exact) mass is 281 g/mol. The molecule has 19 heavy (non-hydrogen) atoms. The molecule has 0 saturated heterocycles. The quantitative estimate of drug-likeness (QED) is 0.810. The number of carbonyl (C=O) groups is 1. The van der Waals surface area contributed by atoms with Gasteiger partial charge in [0.25, 0.3) is 0 Å². The molecule has 6 heteroatoms. The van der Waals surface area contributed by atoms with Crippen LogP contribution < -0.4 is 9.47 Å². The Kier molecular flexibility index (Phi) is 3.76. The lowest BCUT2D eigenvalue weighted by Gasteiger charge is -2.12. The third-order valence-electron chi connectivity index (χ3n) is 2.73. The highest BCUT2D eigenvalue weighted by Crippen LogP contribution is 2.38. The minimum Gasteiger partial charge on any atom is -0.496 e. The van der Waals surface area contributed by atoms with Crippen LogP contribution in [-0.4, -0.2) is 32.3 Å².